The molecule has 1 aromatic carbocycles. The molecule has 0 bridgehead atoms. The number of anilines is 1. The Morgan fingerprint density at radius 2 is 2.00 bits per heavy atom. The van der Waals surface area contributed by atoms with Gasteiger partial charge < -0.3 is 14.9 Å². The van der Waals surface area contributed by atoms with Crippen LogP contribution in [0.5, 0.6) is 0 Å². The summed E-state index contributed by atoms with van der Waals surface area (Å²) in [5.41, 5.74) is -0.867. The van der Waals surface area contributed by atoms with E-state index in [0.717, 1.165) is 29.5 Å². The molecule has 12 heteroatoms. The molecule has 0 saturated carbocycles. The quantitative estimate of drug-likeness (QED) is 0.257. The number of benzene rings is 1. The number of allylic oxidation sites excluding steroid dienone is 1. The van der Waals surface area contributed by atoms with E-state index in [0.29, 0.717) is 5.69 Å². The lowest BCUT2D eigenvalue weighted by Gasteiger charge is -2.04. The smallest absolute Gasteiger partial charge is 0.350 e. The standard InChI is InChI=1S/C18H17FN4O6S/c1-4-29-17(28)14-8(2)20-18(30-14)21-15(25)13(9(3)24)23-22-12-6-5-10(19)7-11(12)16(26)27/h5-7,24H,4H2,1-3H3,(H,26,27)(H,20,21,25)/b13-9+,23-22?. The number of carbonyl (C=O) groups is 3. The largest absolute Gasteiger partial charge is 0.510 e. The predicted molar refractivity (Wildman–Crippen MR) is 105 cm³/mol. The highest BCUT2D eigenvalue weighted by atomic mass is 32.1. The Bertz CT molecular complexity index is 1060. The van der Waals surface area contributed by atoms with E-state index >= 15 is 0 Å². The second kappa shape index (κ2) is 9.69. The van der Waals surface area contributed by atoms with Crippen LogP contribution in [0.3, 0.4) is 0 Å². The number of hydrogen-bond acceptors (Lipinski definition) is 9. The van der Waals surface area contributed by atoms with Gasteiger partial charge in [0, 0.05) is 0 Å². The fraction of sp³-hybridized carbons (Fsp3) is 0.222. The highest BCUT2D eigenvalue weighted by molar-refractivity contribution is 7.17. The van der Waals surface area contributed by atoms with E-state index in [-0.39, 0.29) is 22.3 Å². The molecule has 0 saturated heterocycles. The first-order valence-corrected chi connectivity index (χ1v) is 9.26. The Hall–Kier alpha value is -3.67. The van der Waals surface area contributed by atoms with E-state index in [1.807, 2.05) is 0 Å². The van der Waals surface area contributed by atoms with Gasteiger partial charge in [-0.2, -0.15) is 0 Å². The van der Waals surface area contributed by atoms with Crippen molar-refractivity contribution < 1.29 is 33.7 Å². The van der Waals surface area contributed by atoms with E-state index in [1.165, 1.54) is 6.92 Å². The number of carbonyl (C=O) groups excluding carboxylic acids is 2. The molecule has 1 aromatic heterocycles. The maximum absolute atomic E-state index is 13.3. The molecule has 2 aromatic rings. The van der Waals surface area contributed by atoms with Crippen molar-refractivity contribution in [2.24, 2.45) is 10.2 Å². The highest BCUT2D eigenvalue weighted by Gasteiger charge is 2.20. The summed E-state index contributed by atoms with van der Waals surface area (Å²) in [7, 11) is 0. The third-order valence-corrected chi connectivity index (χ3v) is 4.54. The van der Waals surface area contributed by atoms with Crippen molar-refractivity contribution in [1.82, 2.24) is 4.98 Å². The molecule has 0 spiro atoms. The highest BCUT2D eigenvalue weighted by Crippen LogP contribution is 2.25. The van der Waals surface area contributed by atoms with Gasteiger partial charge in [0.1, 0.15) is 22.1 Å². The molecule has 2 rings (SSSR count). The number of carboxylic acid groups (broad SMARTS) is 1. The molecule has 30 heavy (non-hydrogen) atoms. The molecule has 1 heterocycles. The Balaban J connectivity index is 2.26. The summed E-state index contributed by atoms with van der Waals surface area (Å²) in [6, 6.07) is 2.80. The Morgan fingerprint density at radius 3 is 2.60 bits per heavy atom. The summed E-state index contributed by atoms with van der Waals surface area (Å²) in [4.78, 5) is 39.8. The van der Waals surface area contributed by atoms with Gasteiger partial charge in [-0.05, 0) is 39.0 Å². The average molecular weight is 436 g/mol. The summed E-state index contributed by atoms with van der Waals surface area (Å²) in [6.07, 6.45) is 0. The van der Waals surface area contributed by atoms with Gasteiger partial charge in [0.05, 0.1) is 17.9 Å². The number of azo groups is 1. The van der Waals surface area contributed by atoms with Crippen LogP contribution in [0, 0.1) is 12.7 Å². The molecule has 0 aliphatic carbocycles. The van der Waals surface area contributed by atoms with Gasteiger partial charge in [0.15, 0.2) is 10.8 Å². The average Bonchev–Trinajstić information content (AvgIpc) is 3.02. The van der Waals surface area contributed by atoms with Crippen LogP contribution in [0.25, 0.3) is 0 Å². The van der Waals surface area contributed by atoms with E-state index < -0.39 is 40.7 Å². The minimum atomic E-state index is -1.44. The zero-order valence-electron chi connectivity index (χ0n) is 16.1. The lowest BCUT2D eigenvalue weighted by molar-refractivity contribution is -0.113. The fourth-order valence-electron chi connectivity index (χ4n) is 2.14. The van der Waals surface area contributed by atoms with Crippen molar-refractivity contribution >= 4 is 40.0 Å². The van der Waals surface area contributed by atoms with Crippen LogP contribution in [0.4, 0.5) is 15.2 Å². The summed E-state index contributed by atoms with van der Waals surface area (Å²) >= 11 is 0.874. The van der Waals surface area contributed by atoms with Gasteiger partial charge in [-0.15, -0.1) is 10.2 Å². The number of carboxylic acids is 1. The number of esters is 1. The SMILES string of the molecule is CCOC(=O)c1sc(NC(=O)/C(N=Nc2ccc(F)cc2C(=O)O)=C(/C)O)nc1C. The third-order valence-electron chi connectivity index (χ3n) is 3.48. The number of aromatic carboxylic acids is 1. The fourth-order valence-corrected chi connectivity index (χ4v) is 3.00. The number of hydrogen-bond donors (Lipinski definition) is 3. The van der Waals surface area contributed by atoms with E-state index in [9.17, 15) is 23.9 Å². The van der Waals surface area contributed by atoms with Crippen LogP contribution in [0.2, 0.25) is 0 Å². The van der Waals surface area contributed by atoms with Crippen LogP contribution in [-0.4, -0.2) is 39.6 Å². The van der Waals surface area contributed by atoms with Gasteiger partial charge in [-0.1, -0.05) is 11.3 Å². The molecule has 0 atom stereocenters. The molecule has 10 nitrogen and oxygen atoms in total. The van der Waals surface area contributed by atoms with Gasteiger partial charge >= 0.3 is 11.9 Å². The van der Waals surface area contributed by atoms with Crippen LogP contribution >= 0.6 is 11.3 Å². The molecule has 0 aliphatic rings. The molecular formula is C18H17FN4O6S. The number of aliphatic hydroxyl groups excluding tert-OH is 1. The van der Waals surface area contributed by atoms with E-state index in [1.54, 1.807) is 13.8 Å². The summed E-state index contributed by atoms with van der Waals surface area (Å²) < 4.78 is 18.2. The number of aryl methyl sites for hydroxylation is 1. The molecule has 158 valence electrons. The van der Waals surface area contributed by atoms with Gasteiger partial charge in [-0.3, -0.25) is 10.1 Å². The number of nitrogens with one attached hydrogen (secondary N) is 1. The molecular weight excluding hydrogens is 419 g/mol. The number of rotatable bonds is 7. The number of aliphatic hydroxyl groups is 1. The second-order valence-corrected chi connectivity index (χ2v) is 6.71. The summed E-state index contributed by atoms with van der Waals surface area (Å²) in [5, 5.41) is 28.6. The topological polar surface area (TPSA) is 151 Å². The van der Waals surface area contributed by atoms with Crippen molar-refractivity contribution in [3.05, 3.63) is 51.6 Å². The number of ether oxygens (including phenoxy) is 1. The Labute approximate surface area is 173 Å². The van der Waals surface area contributed by atoms with Gasteiger partial charge in [-0.25, -0.2) is 19.0 Å². The number of aromatic nitrogens is 1. The molecule has 3 N–H and O–H groups in total. The molecule has 0 fully saturated rings. The van der Waals surface area contributed by atoms with Crippen molar-refractivity contribution in [3.8, 4) is 0 Å². The number of amides is 1. The first-order chi connectivity index (χ1) is 14.1. The van der Waals surface area contributed by atoms with Crippen LogP contribution in [-0.2, 0) is 9.53 Å². The molecule has 0 unspecified atom stereocenters. The Kier molecular flexibility index (Phi) is 7.31. The normalized spacial score (nSPS) is 11.9. The van der Waals surface area contributed by atoms with Gasteiger partial charge in [0.2, 0.25) is 0 Å². The molecule has 0 radical (unpaired) electrons. The minimum absolute atomic E-state index is 0.0579. The first kappa shape index (κ1) is 22.6. The first-order valence-electron chi connectivity index (χ1n) is 8.44. The lowest BCUT2D eigenvalue weighted by Crippen LogP contribution is -2.14. The monoisotopic (exact) mass is 436 g/mol. The van der Waals surface area contributed by atoms with Crippen molar-refractivity contribution in [1.29, 1.82) is 0 Å². The summed E-state index contributed by atoms with van der Waals surface area (Å²) in [5.74, 6) is -4.21. The third kappa shape index (κ3) is 5.44. The Morgan fingerprint density at radius 1 is 1.30 bits per heavy atom. The zero-order valence-corrected chi connectivity index (χ0v) is 16.9. The molecule has 0 aliphatic heterocycles. The number of nitrogens with zero attached hydrogens (tertiary/aromatic N) is 3. The molecule has 1 amide bonds. The number of thiazole rings is 1. The zero-order chi connectivity index (χ0) is 22.4. The maximum atomic E-state index is 13.3. The van der Waals surface area contributed by atoms with Gasteiger partial charge in [0.25, 0.3) is 5.91 Å². The van der Waals surface area contributed by atoms with Crippen LogP contribution in [0.15, 0.2) is 39.9 Å². The van der Waals surface area contributed by atoms with E-state index in [2.05, 4.69) is 20.5 Å². The van der Waals surface area contributed by atoms with Crippen LogP contribution in [0.1, 0.15) is 39.6 Å². The van der Waals surface area contributed by atoms with Crippen molar-refractivity contribution in [2.45, 2.75) is 20.8 Å². The maximum Gasteiger partial charge on any atom is 0.350 e. The summed E-state index contributed by atoms with van der Waals surface area (Å²) in [6.45, 7) is 4.57. The van der Waals surface area contributed by atoms with Crippen LogP contribution < -0.4 is 5.32 Å². The predicted octanol–water partition coefficient (Wildman–Crippen LogP) is 3.98. The minimum Gasteiger partial charge on any atom is -0.510 e. The van der Waals surface area contributed by atoms with Crippen molar-refractivity contribution in [3.63, 3.8) is 0 Å². The number of halogens is 1. The van der Waals surface area contributed by atoms with Crippen molar-refractivity contribution in [2.75, 3.05) is 11.9 Å². The lowest BCUT2D eigenvalue weighted by atomic mass is 10.2. The van der Waals surface area contributed by atoms with E-state index in [4.69, 9.17) is 9.84 Å². The second-order valence-electron chi connectivity index (χ2n) is 5.71.